The van der Waals surface area contributed by atoms with Crippen molar-refractivity contribution in [1.29, 1.82) is 0 Å². The molecule has 1 aromatic heterocycles. The van der Waals surface area contributed by atoms with Gasteiger partial charge in [-0.05, 0) is 36.8 Å². The molecule has 106 valence electrons. The number of hydrogen-bond donors (Lipinski definition) is 2. The van der Waals surface area contributed by atoms with Crippen molar-refractivity contribution in [3.8, 4) is 0 Å². The van der Waals surface area contributed by atoms with Gasteiger partial charge in [-0.15, -0.1) is 0 Å². The Morgan fingerprint density at radius 1 is 1.20 bits per heavy atom. The summed E-state index contributed by atoms with van der Waals surface area (Å²) in [5, 5.41) is 5.94. The van der Waals surface area contributed by atoms with E-state index in [2.05, 4.69) is 17.6 Å². The highest BCUT2D eigenvalue weighted by atomic mass is 16.3. The quantitative estimate of drug-likeness (QED) is 0.879. The molecule has 1 amide bonds. The van der Waals surface area contributed by atoms with Crippen molar-refractivity contribution in [3.05, 3.63) is 53.0 Å². The Morgan fingerprint density at radius 3 is 2.60 bits per heavy atom. The standard InChI is InChI=1S/C16H20N2O2/c1-4-13-7-8-14(20-13)10-18-15-9-12(16(19)17-3)6-5-11(15)2/h5-9,18H,4,10H2,1-3H3,(H,17,19). The minimum atomic E-state index is -0.0840. The minimum absolute atomic E-state index is 0.0840. The SMILES string of the molecule is CCc1ccc(CNc2cc(C(=O)NC)ccc2C)o1. The van der Waals surface area contributed by atoms with Gasteiger partial charge in [0.1, 0.15) is 11.5 Å². The van der Waals surface area contributed by atoms with E-state index in [0.717, 1.165) is 29.2 Å². The number of furan rings is 1. The average Bonchev–Trinajstić information content (AvgIpc) is 2.93. The van der Waals surface area contributed by atoms with Crippen LogP contribution < -0.4 is 10.6 Å². The maximum absolute atomic E-state index is 11.6. The number of nitrogens with one attached hydrogen (secondary N) is 2. The summed E-state index contributed by atoms with van der Waals surface area (Å²) in [5.41, 5.74) is 2.69. The van der Waals surface area contributed by atoms with E-state index in [1.54, 1.807) is 7.05 Å². The van der Waals surface area contributed by atoms with Gasteiger partial charge < -0.3 is 15.1 Å². The van der Waals surface area contributed by atoms with Crippen molar-refractivity contribution in [2.24, 2.45) is 0 Å². The van der Waals surface area contributed by atoms with Gasteiger partial charge in [0.25, 0.3) is 5.91 Å². The largest absolute Gasteiger partial charge is 0.464 e. The fraction of sp³-hybridized carbons (Fsp3) is 0.312. The van der Waals surface area contributed by atoms with Crippen molar-refractivity contribution in [2.75, 3.05) is 12.4 Å². The van der Waals surface area contributed by atoms with Crippen molar-refractivity contribution in [3.63, 3.8) is 0 Å². The van der Waals surface area contributed by atoms with Crippen LogP contribution in [-0.4, -0.2) is 13.0 Å². The van der Waals surface area contributed by atoms with Crippen LogP contribution in [0, 0.1) is 6.92 Å². The number of rotatable bonds is 5. The molecule has 20 heavy (non-hydrogen) atoms. The zero-order valence-corrected chi connectivity index (χ0v) is 12.1. The molecule has 2 aromatic rings. The summed E-state index contributed by atoms with van der Waals surface area (Å²) in [6.45, 7) is 4.68. The zero-order valence-electron chi connectivity index (χ0n) is 12.1. The smallest absolute Gasteiger partial charge is 0.251 e. The first kappa shape index (κ1) is 14.2. The average molecular weight is 272 g/mol. The van der Waals surface area contributed by atoms with Crippen LogP contribution >= 0.6 is 0 Å². The number of aryl methyl sites for hydroxylation is 2. The molecule has 2 rings (SSSR count). The number of carbonyl (C=O) groups is 1. The normalized spacial score (nSPS) is 10.3. The number of carbonyl (C=O) groups excluding carboxylic acids is 1. The second-order valence-electron chi connectivity index (χ2n) is 4.68. The lowest BCUT2D eigenvalue weighted by molar-refractivity contribution is 0.0963. The van der Waals surface area contributed by atoms with Gasteiger partial charge in [-0.25, -0.2) is 0 Å². The Balaban J connectivity index is 2.10. The van der Waals surface area contributed by atoms with E-state index in [9.17, 15) is 4.79 Å². The Kier molecular flexibility index (Phi) is 4.45. The minimum Gasteiger partial charge on any atom is -0.464 e. The van der Waals surface area contributed by atoms with Gasteiger partial charge in [-0.2, -0.15) is 0 Å². The molecule has 0 saturated heterocycles. The fourth-order valence-corrected chi connectivity index (χ4v) is 1.99. The molecule has 4 heteroatoms. The molecule has 0 saturated carbocycles. The lowest BCUT2D eigenvalue weighted by Gasteiger charge is -2.10. The van der Waals surface area contributed by atoms with Crippen LogP contribution in [0.4, 0.5) is 5.69 Å². The topological polar surface area (TPSA) is 54.3 Å². The van der Waals surface area contributed by atoms with E-state index in [4.69, 9.17) is 4.42 Å². The lowest BCUT2D eigenvalue weighted by atomic mass is 10.1. The first-order chi connectivity index (χ1) is 9.63. The number of anilines is 1. The highest BCUT2D eigenvalue weighted by Crippen LogP contribution is 2.18. The van der Waals surface area contributed by atoms with Crippen LogP contribution in [-0.2, 0) is 13.0 Å². The highest BCUT2D eigenvalue weighted by Gasteiger charge is 2.07. The van der Waals surface area contributed by atoms with Crippen molar-refractivity contribution < 1.29 is 9.21 Å². The number of benzene rings is 1. The molecule has 0 fully saturated rings. The molecule has 0 unspecified atom stereocenters. The number of amides is 1. The van der Waals surface area contributed by atoms with Crippen LogP contribution in [0.1, 0.15) is 34.4 Å². The van der Waals surface area contributed by atoms with E-state index in [-0.39, 0.29) is 5.91 Å². The van der Waals surface area contributed by atoms with Gasteiger partial charge >= 0.3 is 0 Å². The monoisotopic (exact) mass is 272 g/mol. The zero-order chi connectivity index (χ0) is 14.5. The molecule has 0 aliphatic rings. The van der Waals surface area contributed by atoms with Gasteiger partial charge in [0.05, 0.1) is 6.54 Å². The Labute approximate surface area is 119 Å². The third kappa shape index (κ3) is 3.20. The molecule has 1 aromatic carbocycles. The molecular weight excluding hydrogens is 252 g/mol. The predicted octanol–water partition coefficient (Wildman–Crippen LogP) is 3.12. The van der Waals surface area contributed by atoms with E-state index in [0.29, 0.717) is 12.1 Å². The summed E-state index contributed by atoms with van der Waals surface area (Å²) >= 11 is 0. The van der Waals surface area contributed by atoms with Crippen molar-refractivity contribution in [1.82, 2.24) is 5.32 Å². The fourth-order valence-electron chi connectivity index (χ4n) is 1.99. The maximum atomic E-state index is 11.6. The van der Waals surface area contributed by atoms with Crippen LogP contribution in [0.2, 0.25) is 0 Å². The van der Waals surface area contributed by atoms with Gasteiger partial charge in [-0.1, -0.05) is 13.0 Å². The van der Waals surface area contributed by atoms with Crippen molar-refractivity contribution >= 4 is 11.6 Å². The second kappa shape index (κ2) is 6.28. The van der Waals surface area contributed by atoms with E-state index in [1.165, 1.54) is 0 Å². The predicted molar refractivity (Wildman–Crippen MR) is 80.0 cm³/mol. The van der Waals surface area contributed by atoms with Crippen molar-refractivity contribution in [2.45, 2.75) is 26.8 Å². The molecule has 0 bridgehead atoms. The summed E-state index contributed by atoms with van der Waals surface area (Å²) in [6, 6.07) is 9.58. The van der Waals surface area contributed by atoms with Crippen LogP contribution in [0.3, 0.4) is 0 Å². The third-order valence-electron chi connectivity index (χ3n) is 3.25. The number of hydrogen-bond acceptors (Lipinski definition) is 3. The third-order valence-corrected chi connectivity index (χ3v) is 3.25. The van der Waals surface area contributed by atoms with E-state index >= 15 is 0 Å². The lowest BCUT2D eigenvalue weighted by Crippen LogP contribution is -2.18. The first-order valence-corrected chi connectivity index (χ1v) is 6.78. The molecule has 0 aliphatic carbocycles. The summed E-state index contributed by atoms with van der Waals surface area (Å²) in [7, 11) is 1.63. The van der Waals surface area contributed by atoms with Gasteiger partial charge in [0, 0.05) is 24.7 Å². The summed E-state index contributed by atoms with van der Waals surface area (Å²) in [4.78, 5) is 11.6. The Hall–Kier alpha value is -2.23. The molecular formula is C16H20N2O2. The first-order valence-electron chi connectivity index (χ1n) is 6.78. The van der Waals surface area contributed by atoms with E-state index < -0.39 is 0 Å². The van der Waals surface area contributed by atoms with Gasteiger partial charge in [-0.3, -0.25) is 4.79 Å². The van der Waals surface area contributed by atoms with Gasteiger partial charge in [0.15, 0.2) is 0 Å². The highest BCUT2D eigenvalue weighted by molar-refractivity contribution is 5.95. The molecule has 0 radical (unpaired) electrons. The maximum Gasteiger partial charge on any atom is 0.251 e. The molecule has 0 aliphatic heterocycles. The Bertz CT molecular complexity index is 602. The van der Waals surface area contributed by atoms with Gasteiger partial charge in [0.2, 0.25) is 0 Å². The van der Waals surface area contributed by atoms with Crippen LogP contribution in [0.25, 0.3) is 0 Å². The molecule has 4 nitrogen and oxygen atoms in total. The van der Waals surface area contributed by atoms with Crippen LogP contribution in [0.5, 0.6) is 0 Å². The second-order valence-corrected chi connectivity index (χ2v) is 4.68. The molecule has 0 atom stereocenters. The summed E-state index contributed by atoms with van der Waals surface area (Å²) in [5.74, 6) is 1.79. The van der Waals surface area contributed by atoms with Crippen LogP contribution in [0.15, 0.2) is 34.7 Å². The van der Waals surface area contributed by atoms with E-state index in [1.807, 2.05) is 37.3 Å². The Morgan fingerprint density at radius 2 is 1.95 bits per heavy atom. The molecule has 0 spiro atoms. The molecule has 2 N–H and O–H groups in total. The molecule has 1 heterocycles. The summed E-state index contributed by atoms with van der Waals surface area (Å²) < 4.78 is 5.65. The summed E-state index contributed by atoms with van der Waals surface area (Å²) in [6.07, 6.45) is 0.894.